The molecule has 0 spiro atoms. The minimum atomic E-state index is -0.828. The number of hydrogen-bond acceptors (Lipinski definition) is 6. The van der Waals surface area contributed by atoms with Crippen LogP contribution in [0.2, 0.25) is 10.0 Å². The summed E-state index contributed by atoms with van der Waals surface area (Å²) in [4.78, 5) is 19.6. The fraction of sp³-hybridized carbons (Fsp3) is 0.217. The molecule has 7 nitrogen and oxygen atoms in total. The van der Waals surface area contributed by atoms with Crippen LogP contribution in [-0.4, -0.2) is 29.3 Å². The van der Waals surface area contributed by atoms with Crippen LogP contribution in [0.25, 0.3) is 21.8 Å². The second kappa shape index (κ2) is 9.24. The first kappa shape index (κ1) is 22.2. The Morgan fingerprint density at radius 1 is 1.06 bits per heavy atom. The maximum absolute atomic E-state index is 12.1. The van der Waals surface area contributed by atoms with Crippen LogP contribution < -0.4 is 9.47 Å². The number of nitrogens with zero attached hydrogens (tertiary/aromatic N) is 1. The second-order valence-corrected chi connectivity index (χ2v) is 8.19. The van der Waals surface area contributed by atoms with Gasteiger partial charge in [-0.25, -0.2) is 9.78 Å². The van der Waals surface area contributed by atoms with E-state index in [2.05, 4.69) is 9.97 Å². The normalized spacial score (nSPS) is 11.3. The molecule has 0 saturated heterocycles. The van der Waals surface area contributed by atoms with Crippen molar-refractivity contribution in [3.8, 4) is 17.4 Å². The third kappa shape index (κ3) is 4.75. The van der Waals surface area contributed by atoms with Crippen LogP contribution in [-0.2, 0) is 16.1 Å². The number of carbonyl (C=O) groups excluding carboxylic acids is 1. The fourth-order valence-corrected chi connectivity index (χ4v) is 3.88. The molecule has 0 aliphatic rings. The maximum atomic E-state index is 12.1. The van der Waals surface area contributed by atoms with Crippen LogP contribution in [0.4, 0.5) is 4.79 Å². The third-order valence-electron chi connectivity index (χ3n) is 4.54. The van der Waals surface area contributed by atoms with Gasteiger partial charge in [0.2, 0.25) is 5.88 Å². The zero-order chi connectivity index (χ0) is 22.8. The number of benzene rings is 2. The summed E-state index contributed by atoms with van der Waals surface area (Å²) >= 11 is 12.2. The average Bonchev–Trinajstić information content (AvgIpc) is 3.06. The van der Waals surface area contributed by atoms with Gasteiger partial charge in [0.15, 0.2) is 0 Å². The summed E-state index contributed by atoms with van der Waals surface area (Å²) in [5, 5.41) is 2.61. The van der Waals surface area contributed by atoms with E-state index in [1.165, 1.54) is 0 Å². The van der Waals surface area contributed by atoms with Crippen molar-refractivity contribution in [1.29, 1.82) is 0 Å². The van der Waals surface area contributed by atoms with E-state index in [1.54, 1.807) is 45.4 Å². The summed E-state index contributed by atoms with van der Waals surface area (Å²) in [6.45, 7) is 3.65. The van der Waals surface area contributed by atoms with Crippen molar-refractivity contribution in [2.75, 3.05) is 7.11 Å². The SMILES string of the molecule is COCc1c(OC(=O)OC(C)C)ncc2[nH]c3ccc(Oc4cc(Cl)cc(Cl)c4)cc3c12. The van der Waals surface area contributed by atoms with Gasteiger partial charge in [-0.05, 0) is 50.2 Å². The van der Waals surface area contributed by atoms with Crippen LogP contribution in [0.5, 0.6) is 17.4 Å². The molecular weight excluding hydrogens is 455 g/mol. The number of hydrogen-bond donors (Lipinski definition) is 1. The Morgan fingerprint density at radius 3 is 2.50 bits per heavy atom. The first-order valence-corrected chi connectivity index (χ1v) is 10.5. The van der Waals surface area contributed by atoms with Gasteiger partial charge in [-0.3, -0.25) is 0 Å². The Hall–Kier alpha value is -3.00. The largest absolute Gasteiger partial charge is 0.515 e. The summed E-state index contributed by atoms with van der Waals surface area (Å²) in [5.74, 6) is 1.22. The molecule has 0 saturated carbocycles. The van der Waals surface area contributed by atoms with E-state index < -0.39 is 6.16 Å². The zero-order valence-corrected chi connectivity index (χ0v) is 19.1. The van der Waals surface area contributed by atoms with Crippen molar-refractivity contribution in [1.82, 2.24) is 9.97 Å². The van der Waals surface area contributed by atoms with Gasteiger partial charge in [0, 0.05) is 33.4 Å². The Balaban J connectivity index is 1.79. The summed E-state index contributed by atoms with van der Waals surface area (Å²) in [7, 11) is 1.56. The number of rotatable bonds is 6. The minimum Gasteiger partial charge on any atom is -0.457 e. The van der Waals surface area contributed by atoms with E-state index in [0.29, 0.717) is 27.1 Å². The van der Waals surface area contributed by atoms with Crippen molar-refractivity contribution in [3.05, 3.63) is 58.2 Å². The van der Waals surface area contributed by atoms with Crippen molar-refractivity contribution in [2.45, 2.75) is 26.6 Å². The quantitative estimate of drug-likeness (QED) is 0.306. The van der Waals surface area contributed by atoms with E-state index >= 15 is 0 Å². The van der Waals surface area contributed by atoms with E-state index in [-0.39, 0.29) is 18.6 Å². The standard InChI is InChI=1S/C23H20Cl2N2O5/c1-12(2)30-23(28)32-22-18(11-29-3)21-17-9-15(4-5-19(17)27-20(21)10-26-22)31-16-7-13(24)6-14(25)8-16/h4-10,12,27H,11H2,1-3H3. The highest BCUT2D eigenvalue weighted by molar-refractivity contribution is 6.34. The Labute approximate surface area is 194 Å². The molecule has 4 rings (SSSR count). The molecule has 4 aromatic rings. The van der Waals surface area contributed by atoms with E-state index in [1.807, 2.05) is 18.2 Å². The lowest BCUT2D eigenvalue weighted by Gasteiger charge is -2.12. The number of fused-ring (bicyclic) bond motifs is 3. The van der Waals surface area contributed by atoms with Gasteiger partial charge in [0.25, 0.3) is 0 Å². The number of aromatic amines is 1. The van der Waals surface area contributed by atoms with Crippen LogP contribution in [0.3, 0.4) is 0 Å². The van der Waals surface area contributed by atoms with Gasteiger partial charge >= 0.3 is 6.16 Å². The van der Waals surface area contributed by atoms with Gasteiger partial charge in [0.1, 0.15) is 11.5 Å². The summed E-state index contributed by atoms with van der Waals surface area (Å²) in [6.07, 6.45) is 0.458. The lowest BCUT2D eigenvalue weighted by molar-refractivity contribution is 0.0705. The molecule has 0 aliphatic heterocycles. The topological polar surface area (TPSA) is 82.7 Å². The molecule has 2 aromatic carbocycles. The van der Waals surface area contributed by atoms with Crippen LogP contribution in [0.1, 0.15) is 19.4 Å². The Kier molecular flexibility index (Phi) is 6.41. The molecular formula is C23H20Cl2N2O5. The molecule has 2 aromatic heterocycles. The molecule has 0 atom stereocenters. The smallest absolute Gasteiger partial charge is 0.457 e. The molecule has 0 fully saturated rings. The molecule has 2 heterocycles. The van der Waals surface area contributed by atoms with Crippen molar-refractivity contribution < 1.29 is 23.7 Å². The molecule has 0 radical (unpaired) electrons. The van der Waals surface area contributed by atoms with Gasteiger partial charge in [0.05, 0.1) is 30.0 Å². The number of ether oxygens (including phenoxy) is 4. The average molecular weight is 475 g/mol. The predicted molar refractivity (Wildman–Crippen MR) is 123 cm³/mol. The number of H-pyrrole nitrogens is 1. The number of halogens is 2. The molecule has 1 N–H and O–H groups in total. The van der Waals surface area contributed by atoms with Gasteiger partial charge in [-0.2, -0.15) is 0 Å². The molecule has 0 amide bonds. The van der Waals surface area contributed by atoms with E-state index in [4.69, 9.17) is 42.1 Å². The van der Waals surface area contributed by atoms with Crippen molar-refractivity contribution >= 4 is 51.2 Å². The Bertz CT molecular complexity index is 1280. The zero-order valence-electron chi connectivity index (χ0n) is 17.6. The van der Waals surface area contributed by atoms with Gasteiger partial charge in [-0.15, -0.1) is 0 Å². The van der Waals surface area contributed by atoms with Crippen molar-refractivity contribution in [3.63, 3.8) is 0 Å². The fourth-order valence-electron chi connectivity index (χ4n) is 3.37. The lowest BCUT2D eigenvalue weighted by Crippen LogP contribution is -2.17. The van der Waals surface area contributed by atoms with Gasteiger partial charge < -0.3 is 23.9 Å². The summed E-state index contributed by atoms with van der Waals surface area (Å²) < 4.78 is 21.8. The third-order valence-corrected chi connectivity index (χ3v) is 4.98. The van der Waals surface area contributed by atoms with E-state index in [0.717, 1.165) is 21.8 Å². The number of pyridine rings is 1. The summed E-state index contributed by atoms with van der Waals surface area (Å²) in [5.41, 5.74) is 2.23. The summed E-state index contributed by atoms with van der Waals surface area (Å²) in [6, 6.07) is 10.6. The number of nitrogens with one attached hydrogen (secondary N) is 1. The maximum Gasteiger partial charge on any atom is 0.515 e. The number of methoxy groups -OCH3 is 1. The first-order valence-electron chi connectivity index (χ1n) is 9.78. The minimum absolute atomic E-state index is 0.124. The molecule has 9 heteroatoms. The highest BCUT2D eigenvalue weighted by atomic mass is 35.5. The molecule has 166 valence electrons. The van der Waals surface area contributed by atoms with Crippen molar-refractivity contribution in [2.24, 2.45) is 0 Å². The predicted octanol–water partition coefficient (Wildman–Crippen LogP) is 6.89. The van der Waals surface area contributed by atoms with E-state index in [9.17, 15) is 4.79 Å². The first-order chi connectivity index (χ1) is 15.3. The highest BCUT2D eigenvalue weighted by Gasteiger charge is 2.19. The number of aromatic nitrogens is 2. The highest BCUT2D eigenvalue weighted by Crippen LogP contribution is 2.36. The molecule has 0 bridgehead atoms. The number of carbonyl (C=O) groups is 1. The lowest BCUT2D eigenvalue weighted by atomic mass is 10.1. The van der Waals surface area contributed by atoms with Crippen LogP contribution in [0, 0.1) is 0 Å². The second-order valence-electron chi connectivity index (χ2n) is 7.32. The monoisotopic (exact) mass is 474 g/mol. The van der Waals surface area contributed by atoms with Gasteiger partial charge in [-0.1, -0.05) is 23.2 Å². The van der Waals surface area contributed by atoms with Crippen LogP contribution in [0.15, 0.2) is 42.6 Å². The Morgan fingerprint density at radius 2 is 1.81 bits per heavy atom. The van der Waals surface area contributed by atoms with Crippen LogP contribution >= 0.6 is 23.2 Å². The molecule has 32 heavy (non-hydrogen) atoms. The molecule has 0 unspecified atom stereocenters. The molecule has 0 aliphatic carbocycles.